The van der Waals surface area contributed by atoms with Gasteiger partial charge in [0.1, 0.15) is 5.82 Å². The van der Waals surface area contributed by atoms with Crippen molar-refractivity contribution in [2.24, 2.45) is 5.14 Å². The summed E-state index contributed by atoms with van der Waals surface area (Å²) in [6.45, 7) is 4.34. The SMILES string of the molecule is COCCC(C)n1cc(S(N)(=O)=O)nc1C. The normalized spacial score (nSPS) is 14.0. The number of hydrogen-bond donors (Lipinski definition) is 1. The molecule has 6 nitrogen and oxygen atoms in total. The van der Waals surface area contributed by atoms with Gasteiger partial charge in [0.05, 0.1) is 0 Å². The number of rotatable bonds is 5. The van der Waals surface area contributed by atoms with E-state index in [9.17, 15) is 8.42 Å². The molecule has 0 bridgehead atoms. The first kappa shape index (κ1) is 13.1. The van der Waals surface area contributed by atoms with Crippen LogP contribution in [0.4, 0.5) is 0 Å². The van der Waals surface area contributed by atoms with Gasteiger partial charge in [0, 0.05) is 26.0 Å². The summed E-state index contributed by atoms with van der Waals surface area (Å²) < 4.78 is 29.0. The predicted octanol–water partition coefficient (Wildman–Crippen LogP) is 0.436. The minimum atomic E-state index is -3.72. The van der Waals surface area contributed by atoms with Crippen LogP contribution in [0.1, 0.15) is 25.2 Å². The van der Waals surface area contributed by atoms with Crippen LogP contribution in [-0.4, -0.2) is 31.7 Å². The van der Waals surface area contributed by atoms with Crippen molar-refractivity contribution < 1.29 is 13.2 Å². The number of methoxy groups -OCH3 is 1. The predicted molar refractivity (Wildman–Crippen MR) is 59.5 cm³/mol. The van der Waals surface area contributed by atoms with Crippen molar-refractivity contribution in [3.05, 3.63) is 12.0 Å². The van der Waals surface area contributed by atoms with Gasteiger partial charge in [-0.3, -0.25) is 0 Å². The van der Waals surface area contributed by atoms with Gasteiger partial charge < -0.3 is 9.30 Å². The Labute approximate surface area is 95.5 Å². The summed E-state index contributed by atoms with van der Waals surface area (Å²) in [6, 6.07) is 0.128. The molecule has 92 valence electrons. The van der Waals surface area contributed by atoms with E-state index in [-0.39, 0.29) is 11.1 Å². The molecule has 0 saturated heterocycles. The van der Waals surface area contributed by atoms with Crippen molar-refractivity contribution in [1.82, 2.24) is 9.55 Å². The highest BCUT2D eigenvalue weighted by molar-refractivity contribution is 7.89. The molecule has 1 rings (SSSR count). The molecule has 0 radical (unpaired) electrons. The molecule has 0 amide bonds. The van der Waals surface area contributed by atoms with Crippen molar-refractivity contribution in [3.8, 4) is 0 Å². The minimum Gasteiger partial charge on any atom is -0.385 e. The molecule has 2 N–H and O–H groups in total. The largest absolute Gasteiger partial charge is 0.385 e. The second-order valence-electron chi connectivity index (χ2n) is 3.71. The van der Waals surface area contributed by atoms with Crippen LogP contribution in [0.5, 0.6) is 0 Å². The third kappa shape index (κ3) is 3.03. The number of sulfonamides is 1. The molecule has 0 aliphatic carbocycles. The Morgan fingerprint density at radius 1 is 1.62 bits per heavy atom. The summed E-state index contributed by atoms with van der Waals surface area (Å²) in [5.41, 5.74) is 0. The maximum atomic E-state index is 11.1. The van der Waals surface area contributed by atoms with E-state index in [0.29, 0.717) is 12.4 Å². The van der Waals surface area contributed by atoms with Crippen LogP contribution in [0.2, 0.25) is 0 Å². The Morgan fingerprint density at radius 3 is 2.69 bits per heavy atom. The quantitative estimate of drug-likeness (QED) is 0.817. The molecule has 1 aromatic rings. The lowest BCUT2D eigenvalue weighted by atomic mass is 10.2. The lowest BCUT2D eigenvalue weighted by molar-refractivity contribution is 0.180. The van der Waals surface area contributed by atoms with Crippen LogP contribution in [0.3, 0.4) is 0 Å². The summed E-state index contributed by atoms with van der Waals surface area (Å²) in [6.07, 6.45) is 2.25. The average Bonchev–Trinajstić information content (AvgIpc) is 2.56. The molecule has 0 aromatic carbocycles. The number of aryl methyl sites for hydroxylation is 1. The fraction of sp³-hybridized carbons (Fsp3) is 0.667. The Hall–Kier alpha value is -0.920. The van der Waals surface area contributed by atoms with Crippen LogP contribution in [0.25, 0.3) is 0 Å². The maximum Gasteiger partial charge on any atom is 0.257 e. The highest BCUT2D eigenvalue weighted by atomic mass is 32.2. The molecule has 1 atom stereocenters. The third-order valence-corrected chi connectivity index (χ3v) is 3.18. The molecule has 1 aromatic heterocycles. The van der Waals surface area contributed by atoms with E-state index in [0.717, 1.165) is 6.42 Å². The maximum absolute atomic E-state index is 11.1. The molecule has 1 heterocycles. The Morgan fingerprint density at radius 2 is 2.25 bits per heavy atom. The number of nitrogens with two attached hydrogens (primary N) is 1. The van der Waals surface area contributed by atoms with E-state index < -0.39 is 10.0 Å². The molecule has 0 saturated carbocycles. The van der Waals surface area contributed by atoms with E-state index in [4.69, 9.17) is 9.88 Å². The third-order valence-electron chi connectivity index (χ3n) is 2.40. The zero-order valence-electron chi connectivity index (χ0n) is 9.67. The zero-order valence-corrected chi connectivity index (χ0v) is 10.5. The van der Waals surface area contributed by atoms with E-state index in [1.807, 2.05) is 6.92 Å². The number of imidazole rings is 1. The standard InChI is InChI=1S/C9H17N3O3S/c1-7(4-5-15-3)12-6-9(11-8(12)2)16(10,13)14/h6-7H,4-5H2,1-3H3,(H2,10,13,14). The topological polar surface area (TPSA) is 87.2 Å². The van der Waals surface area contributed by atoms with Gasteiger partial charge in [-0.05, 0) is 20.3 Å². The molecule has 0 aliphatic heterocycles. The summed E-state index contributed by atoms with van der Waals surface area (Å²) in [5, 5.41) is 4.92. The van der Waals surface area contributed by atoms with Gasteiger partial charge in [0.25, 0.3) is 10.0 Å². The Bertz CT molecular complexity index is 453. The number of aromatic nitrogens is 2. The number of hydrogen-bond acceptors (Lipinski definition) is 4. The molecule has 1 unspecified atom stereocenters. The first-order chi connectivity index (χ1) is 7.36. The fourth-order valence-electron chi connectivity index (χ4n) is 1.47. The summed E-state index contributed by atoms with van der Waals surface area (Å²) >= 11 is 0. The van der Waals surface area contributed by atoms with Gasteiger partial charge in [0.15, 0.2) is 5.03 Å². The molecule has 0 aliphatic rings. The number of nitrogens with zero attached hydrogens (tertiary/aromatic N) is 2. The van der Waals surface area contributed by atoms with Crippen molar-refractivity contribution in [1.29, 1.82) is 0 Å². The monoisotopic (exact) mass is 247 g/mol. The van der Waals surface area contributed by atoms with Gasteiger partial charge >= 0.3 is 0 Å². The Kier molecular flexibility index (Phi) is 4.06. The highest BCUT2D eigenvalue weighted by Gasteiger charge is 2.16. The molecular formula is C9H17N3O3S. The molecule has 0 fully saturated rings. The van der Waals surface area contributed by atoms with E-state index in [1.54, 1.807) is 18.6 Å². The van der Waals surface area contributed by atoms with E-state index in [2.05, 4.69) is 4.98 Å². The van der Waals surface area contributed by atoms with Gasteiger partial charge in [-0.15, -0.1) is 0 Å². The van der Waals surface area contributed by atoms with Crippen molar-refractivity contribution in [3.63, 3.8) is 0 Å². The van der Waals surface area contributed by atoms with Gasteiger partial charge in [-0.2, -0.15) is 0 Å². The van der Waals surface area contributed by atoms with Crippen molar-refractivity contribution >= 4 is 10.0 Å². The van der Waals surface area contributed by atoms with Crippen LogP contribution < -0.4 is 5.14 Å². The number of ether oxygens (including phenoxy) is 1. The second kappa shape index (κ2) is 4.94. The smallest absolute Gasteiger partial charge is 0.257 e. The average molecular weight is 247 g/mol. The van der Waals surface area contributed by atoms with Gasteiger partial charge in [-0.1, -0.05) is 0 Å². The molecule has 0 spiro atoms. The van der Waals surface area contributed by atoms with Crippen molar-refractivity contribution in [2.45, 2.75) is 31.3 Å². The zero-order chi connectivity index (χ0) is 12.3. The summed E-state index contributed by atoms with van der Waals surface area (Å²) in [7, 11) is -2.09. The highest BCUT2D eigenvalue weighted by Crippen LogP contribution is 2.16. The van der Waals surface area contributed by atoms with E-state index >= 15 is 0 Å². The summed E-state index contributed by atoms with van der Waals surface area (Å²) in [4.78, 5) is 3.92. The Balaban J connectivity index is 2.94. The fourth-order valence-corrected chi connectivity index (χ4v) is 1.99. The first-order valence-corrected chi connectivity index (χ1v) is 6.48. The molecular weight excluding hydrogens is 230 g/mol. The van der Waals surface area contributed by atoms with Gasteiger partial charge in [-0.25, -0.2) is 18.5 Å². The van der Waals surface area contributed by atoms with Crippen LogP contribution in [0, 0.1) is 6.92 Å². The van der Waals surface area contributed by atoms with Crippen LogP contribution >= 0.6 is 0 Å². The first-order valence-electron chi connectivity index (χ1n) is 4.93. The van der Waals surface area contributed by atoms with E-state index in [1.165, 1.54) is 6.20 Å². The lowest BCUT2D eigenvalue weighted by Crippen LogP contribution is -2.12. The number of primary sulfonamides is 1. The lowest BCUT2D eigenvalue weighted by Gasteiger charge is -2.13. The van der Waals surface area contributed by atoms with Crippen LogP contribution in [0.15, 0.2) is 11.2 Å². The molecule has 16 heavy (non-hydrogen) atoms. The molecule has 7 heteroatoms. The second-order valence-corrected chi connectivity index (χ2v) is 5.22. The minimum absolute atomic E-state index is 0.0886. The van der Waals surface area contributed by atoms with Crippen molar-refractivity contribution in [2.75, 3.05) is 13.7 Å². The van der Waals surface area contributed by atoms with Crippen LogP contribution in [-0.2, 0) is 14.8 Å². The summed E-state index contributed by atoms with van der Waals surface area (Å²) in [5.74, 6) is 0.632. The van der Waals surface area contributed by atoms with Gasteiger partial charge in [0.2, 0.25) is 0 Å².